The molecule has 0 spiro atoms. The van der Waals surface area contributed by atoms with Crippen LogP contribution in [0, 0.1) is 0 Å². The van der Waals surface area contributed by atoms with Gasteiger partial charge in [0.05, 0.1) is 18.1 Å². The second-order valence-corrected chi connectivity index (χ2v) is 4.81. The topological polar surface area (TPSA) is 74.2 Å². The first kappa shape index (κ1) is 11.8. The minimum absolute atomic E-state index is 0.182. The lowest BCUT2D eigenvalue weighted by Gasteiger charge is -2.31. The highest BCUT2D eigenvalue weighted by Gasteiger charge is 2.24. The maximum Gasteiger partial charge on any atom is 0.407 e. The molecule has 6 nitrogen and oxygen atoms in total. The van der Waals surface area contributed by atoms with Crippen LogP contribution in [0.2, 0.25) is 0 Å². The summed E-state index contributed by atoms with van der Waals surface area (Å²) >= 11 is 0. The summed E-state index contributed by atoms with van der Waals surface area (Å²) in [6.07, 6.45) is 6.67. The average Bonchev–Trinajstić information content (AvgIpc) is 3.09. The molecular formula is C13H16N4O2. The molecule has 2 aromatic heterocycles. The summed E-state index contributed by atoms with van der Waals surface area (Å²) in [5, 5.41) is 9.05. The number of piperidine rings is 1. The predicted octanol–water partition coefficient (Wildman–Crippen LogP) is 2.19. The van der Waals surface area contributed by atoms with E-state index in [2.05, 4.69) is 9.97 Å². The van der Waals surface area contributed by atoms with Crippen molar-refractivity contribution in [2.24, 2.45) is 0 Å². The highest BCUT2D eigenvalue weighted by Crippen LogP contribution is 2.23. The van der Waals surface area contributed by atoms with Crippen molar-refractivity contribution in [3.8, 4) is 11.4 Å². The first-order chi connectivity index (χ1) is 9.24. The minimum atomic E-state index is -0.839. The smallest absolute Gasteiger partial charge is 0.407 e. The van der Waals surface area contributed by atoms with Crippen LogP contribution in [-0.2, 0) is 0 Å². The van der Waals surface area contributed by atoms with Crippen LogP contribution in [0.15, 0.2) is 30.9 Å². The van der Waals surface area contributed by atoms with Crippen LogP contribution in [0.1, 0.15) is 18.9 Å². The summed E-state index contributed by atoms with van der Waals surface area (Å²) < 4.78 is 2.02. The van der Waals surface area contributed by atoms with Crippen LogP contribution < -0.4 is 0 Å². The standard InChI is InChI=1S/C13H16N4O2/c18-13(19)16-6-2-3-10(7-16)17-8-12(15-9-17)11-4-1-5-14-11/h1,4-5,8-10,14H,2-3,6-7H2,(H,18,19). The van der Waals surface area contributed by atoms with E-state index in [0.717, 1.165) is 24.2 Å². The molecule has 100 valence electrons. The third-order valence-corrected chi connectivity index (χ3v) is 3.56. The van der Waals surface area contributed by atoms with E-state index in [1.165, 1.54) is 4.90 Å². The van der Waals surface area contributed by atoms with Crippen molar-refractivity contribution >= 4 is 6.09 Å². The van der Waals surface area contributed by atoms with E-state index in [4.69, 9.17) is 5.11 Å². The molecule has 0 saturated carbocycles. The van der Waals surface area contributed by atoms with E-state index < -0.39 is 6.09 Å². The number of hydrogen-bond acceptors (Lipinski definition) is 2. The van der Waals surface area contributed by atoms with Crippen molar-refractivity contribution in [1.82, 2.24) is 19.4 Å². The molecule has 1 atom stereocenters. The Morgan fingerprint density at radius 1 is 1.53 bits per heavy atom. The number of nitrogens with zero attached hydrogens (tertiary/aromatic N) is 3. The third kappa shape index (κ3) is 2.33. The van der Waals surface area contributed by atoms with Gasteiger partial charge in [0.25, 0.3) is 0 Å². The highest BCUT2D eigenvalue weighted by atomic mass is 16.4. The Bertz CT molecular complexity index is 561. The Morgan fingerprint density at radius 2 is 2.42 bits per heavy atom. The number of aromatic nitrogens is 3. The second kappa shape index (κ2) is 4.79. The van der Waals surface area contributed by atoms with Crippen LogP contribution in [0.4, 0.5) is 4.79 Å². The molecule has 1 aliphatic rings. The number of carbonyl (C=O) groups is 1. The zero-order chi connectivity index (χ0) is 13.2. The van der Waals surface area contributed by atoms with Gasteiger partial charge in [0.1, 0.15) is 5.69 Å². The lowest BCUT2D eigenvalue weighted by molar-refractivity contribution is 0.121. The molecule has 3 rings (SSSR count). The van der Waals surface area contributed by atoms with Crippen LogP contribution in [-0.4, -0.2) is 43.7 Å². The normalized spacial score (nSPS) is 19.6. The number of H-pyrrole nitrogens is 1. The molecule has 1 fully saturated rings. The molecule has 0 bridgehead atoms. The Labute approximate surface area is 110 Å². The van der Waals surface area contributed by atoms with Crippen molar-refractivity contribution in [2.75, 3.05) is 13.1 Å². The van der Waals surface area contributed by atoms with Gasteiger partial charge in [0.15, 0.2) is 0 Å². The summed E-state index contributed by atoms with van der Waals surface area (Å²) in [4.78, 5) is 20.0. The number of likely N-dealkylation sites (tertiary alicyclic amines) is 1. The molecular weight excluding hydrogens is 244 g/mol. The van der Waals surface area contributed by atoms with E-state index in [9.17, 15) is 4.79 Å². The number of rotatable bonds is 2. The van der Waals surface area contributed by atoms with Gasteiger partial charge in [-0.05, 0) is 25.0 Å². The van der Waals surface area contributed by atoms with Gasteiger partial charge >= 0.3 is 6.09 Å². The molecule has 2 aromatic rings. The number of aromatic amines is 1. The van der Waals surface area contributed by atoms with Crippen LogP contribution in [0.3, 0.4) is 0 Å². The van der Waals surface area contributed by atoms with E-state index >= 15 is 0 Å². The molecule has 0 aliphatic carbocycles. The largest absolute Gasteiger partial charge is 0.465 e. The maximum absolute atomic E-state index is 11.0. The van der Waals surface area contributed by atoms with Gasteiger partial charge < -0.3 is 19.6 Å². The van der Waals surface area contributed by atoms with E-state index in [-0.39, 0.29) is 6.04 Å². The van der Waals surface area contributed by atoms with Crippen LogP contribution in [0.5, 0.6) is 0 Å². The summed E-state index contributed by atoms with van der Waals surface area (Å²) in [6.45, 7) is 1.17. The van der Waals surface area contributed by atoms with Gasteiger partial charge in [-0.1, -0.05) is 0 Å². The molecule has 0 radical (unpaired) electrons. The van der Waals surface area contributed by atoms with Crippen LogP contribution in [0.25, 0.3) is 11.4 Å². The first-order valence-corrected chi connectivity index (χ1v) is 6.39. The number of hydrogen-bond donors (Lipinski definition) is 2. The number of nitrogens with one attached hydrogen (secondary N) is 1. The Kier molecular flexibility index (Phi) is 2.98. The van der Waals surface area contributed by atoms with Gasteiger partial charge in [-0.25, -0.2) is 9.78 Å². The molecule has 1 aliphatic heterocycles. The number of amides is 1. The van der Waals surface area contributed by atoms with Gasteiger partial charge in [-0.2, -0.15) is 0 Å². The average molecular weight is 260 g/mol. The van der Waals surface area contributed by atoms with Crippen LogP contribution >= 0.6 is 0 Å². The lowest BCUT2D eigenvalue weighted by atomic mass is 10.1. The van der Waals surface area contributed by atoms with Gasteiger partial charge in [0, 0.05) is 25.5 Å². The molecule has 1 unspecified atom stereocenters. The zero-order valence-corrected chi connectivity index (χ0v) is 10.5. The summed E-state index contributed by atoms with van der Waals surface area (Å²) in [7, 11) is 0. The quantitative estimate of drug-likeness (QED) is 0.869. The highest BCUT2D eigenvalue weighted by molar-refractivity contribution is 5.65. The molecule has 6 heteroatoms. The molecule has 2 N–H and O–H groups in total. The molecule has 3 heterocycles. The van der Waals surface area contributed by atoms with Gasteiger partial charge in [-0.3, -0.25) is 0 Å². The lowest BCUT2D eigenvalue weighted by Crippen LogP contribution is -2.39. The fourth-order valence-corrected chi connectivity index (χ4v) is 2.54. The van der Waals surface area contributed by atoms with E-state index in [1.807, 2.05) is 29.1 Å². The molecule has 0 aromatic carbocycles. The van der Waals surface area contributed by atoms with Gasteiger partial charge in [-0.15, -0.1) is 0 Å². The molecule has 1 amide bonds. The fourth-order valence-electron chi connectivity index (χ4n) is 2.54. The second-order valence-electron chi connectivity index (χ2n) is 4.81. The molecule has 1 saturated heterocycles. The van der Waals surface area contributed by atoms with E-state index in [0.29, 0.717) is 13.1 Å². The summed E-state index contributed by atoms with van der Waals surface area (Å²) in [6, 6.07) is 4.08. The Morgan fingerprint density at radius 3 is 3.16 bits per heavy atom. The maximum atomic E-state index is 11.0. The Balaban J connectivity index is 1.77. The van der Waals surface area contributed by atoms with E-state index in [1.54, 1.807) is 6.33 Å². The number of carboxylic acid groups (broad SMARTS) is 1. The van der Waals surface area contributed by atoms with Crippen molar-refractivity contribution in [3.05, 3.63) is 30.9 Å². The predicted molar refractivity (Wildman–Crippen MR) is 69.9 cm³/mol. The van der Waals surface area contributed by atoms with Gasteiger partial charge in [0.2, 0.25) is 0 Å². The first-order valence-electron chi connectivity index (χ1n) is 6.39. The van der Waals surface area contributed by atoms with Crippen molar-refractivity contribution in [2.45, 2.75) is 18.9 Å². The third-order valence-electron chi connectivity index (χ3n) is 3.56. The summed E-state index contributed by atoms with van der Waals surface area (Å²) in [5.41, 5.74) is 1.86. The van der Waals surface area contributed by atoms with Crippen molar-refractivity contribution in [3.63, 3.8) is 0 Å². The zero-order valence-electron chi connectivity index (χ0n) is 10.5. The van der Waals surface area contributed by atoms with Crippen molar-refractivity contribution in [1.29, 1.82) is 0 Å². The summed E-state index contributed by atoms with van der Waals surface area (Å²) in [5.74, 6) is 0. The molecule has 19 heavy (non-hydrogen) atoms. The Hall–Kier alpha value is -2.24. The number of imidazole rings is 1. The minimum Gasteiger partial charge on any atom is -0.465 e. The fraction of sp³-hybridized carbons (Fsp3) is 0.385. The SMILES string of the molecule is O=C(O)N1CCCC(n2cnc(-c3ccc[nH]3)c2)C1. The van der Waals surface area contributed by atoms with Crippen molar-refractivity contribution < 1.29 is 9.90 Å². The monoisotopic (exact) mass is 260 g/mol.